The van der Waals surface area contributed by atoms with Crippen molar-refractivity contribution >= 4 is 23.2 Å². The summed E-state index contributed by atoms with van der Waals surface area (Å²) in [5.74, 6) is -1.09. The van der Waals surface area contributed by atoms with Crippen LogP contribution in [0.4, 0.5) is 0 Å². The quantitative estimate of drug-likeness (QED) is 0.823. The Kier molecular flexibility index (Phi) is 4.84. The third kappa shape index (κ3) is 3.80. The molecule has 0 fully saturated rings. The van der Waals surface area contributed by atoms with E-state index < -0.39 is 11.4 Å². The highest BCUT2D eigenvalue weighted by molar-refractivity contribution is 7.09. The Morgan fingerprint density at radius 3 is 2.67 bits per heavy atom. The smallest absolute Gasteiger partial charge is 0.311 e. The van der Waals surface area contributed by atoms with E-state index in [0.29, 0.717) is 6.42 Å². The van der Waals surface area contributed by atoms with E-state index in [1.54, 1.807) is 13.8 Å². The average molecular weight is 270 g/mol. The lowest BCUT2D eigenvalue weighted by molar-refractivity contribution is -0.148. The fourth-order valence-electron chi connectivity index (χ4n) is 1.36. The number of carboxylic acid groups (broad SMARTS) is 1. The molecule has 1 amide bonds. The fourth-order valence-corrected chi connectivity index (χ4v) is 1.97. The van der Waals surface area contributed by atoms with Crippen LogP contribution in [0.3, 0.4) is 0 Å². The zero-order valence-corrected chi connectivity index (χ0v) is 11.6. The molecule has 1 aromatic rings. The van der Waals surface area contributed by atoms with E-state index in [2.05, 4.69) is 10.3 Å². The molecule has 5 nitrogen and oxygen atoms in total. The summed E-state index contributed by atoms with van der Waals surface area (Å²) in [5, 5.41) is 14.5. The van der Waals surface area contributed by atoms with Crippen LogP contribution in [0.2, 0.25) is 0 Å². The molecule has 1 atom stereocenters. The van der Waals surface area contributed by atoms with E-state index in [1.165, 1.54) is 11.3 Å². The Morgan fingerprint density at radius 2 is 2.22 bits per heavy atom. The van der Waals surface area contributed by atoms with Gasteiger partial charge in [0.25, 0.3) is 0 Å². The number of carbonyl (C=O) groups is 2. The second-order valence-electron chi connectivity index (χ2n) is 4.53. The van der Waals surface area contributed by atoms with Crippen LogP contribution in [0.1, 0.15) is 31.0 Å². The van der Waals surface area contributed by atoms with Gasteiger partial charge in [0.05, 0.1) is 22.5 Å². The van der Waals surface area contributed by atoms with Crippen molar-refractivity contribution in [1.82, 2.24) is 10.3 Å². The molecule has 0 aliphatic heterocycles. The van der Waals surface area contributed by atoms with Crippen LogP contribution in [0, 0.1) is 12.3 Å². The van der Waals surface area contributed by atoms with E-state index in [1.807, 2.05) is 12.3 Å². The Hall–Kier alpha value is -1.43. The molecule has 0 aliphatic carbocycles. The van der Waals surface area contributed by atoms with Crippen molar-refractivity contribution < 1.29 is 14.7 Å². The van der Waals surface area contributed by atoms with Gasteiger partial charge in [0, 0.05) is 11.9 Å². The predicted octanol–water partition coefficient (Wildman–Crippen LogP) is 1.61. The van der Waals surface area contributed by atoms with Gasteiger partial charge in [-0.25, -0.2) is 4.98 Å². The summed E-state index contributed by atoms with van der Waals surface area (Å²) in [7, 11) is 0. The summed E-state index contributed by atoms with van der Waals surface area (Å²) in [6, 6.07) is 0. The summed E-state index contributed by atoms with van der Waals surface area (Å²) in [6.07, 6.45) is 0.669. The molecule has 0 bridgehead atoms. The van der Waals surface area contributed by atoms with Gasteiger partial charge in [-0.1, -0.05) is 6.92 Å². The van der Waals surface area contributed by atoms with Gasteiger partial charge in [-0.2, -0.15) is 0 Å². The summed E-state index contributed by atoms with van der Waals surface area (Å²) >= 11 is 1.49. The number of nitrogens with one attached hydrogen (secondary N) is 1. The van der Waals surface area contributed by atoms with Gasteiger partial charge < -0.3 is 10.4 Å². The Labute approximate surface area is 110 Å². The number of rotatable bonds is 6. The van der Waals surface area contributed by atoms with Crippen molar-refractivity contribution in [3.8, 4) is 0 Å². The minimum atomic E-state index is -0.909. The van der Waals surface area contributed by atoms with Crippen LogP contribution in [0.25, 0.3) is 0 Å². The van der Waals surface area contributed by atoms with Gasteiger partial charge in [0.15, 0.2) is 0 Å². The van der Waals surface area contributed by atoms with Crippen LogP contribution >= 0.6 is 11.3 Å². The predicted molar refractivity (Wildman–Crippen MR) is 69.6 cm³/mol. The van der Waals surface area contributed by atoms with Crippen molar-refractivity contribution in [3.63, 3.8) is 0 Å². The van der Waals surface area contributed by atoms with Crippen LogP contribution in [-0.2, 0) is 16.0 Å². The number of thiazole rings is 1. The zero-order valence-electron chi connectivity index (χ0n) is 10.8. The molecule has 2 N–H and O–H groups in total. The number of aryl methyl sites for hydroxylation is 1. The lowest BCUT2D eigenvalue weighted by Crippen LogP contribution is -2.41. The van der Waals surface area contributed by atoms with Gasteiger partial charge >= 0.3 is 5.97 Å². The van der Waals surface area contributed by atoms with E-state index in [-0.39, 0.29) is 18.9 Å². The summed E-state index contributed by atoms with van der Waals surface area (Å²) < 4.78 is 0. The van der Waals surface area contributed by atoms with Crippen LogP contribution in [-0.4, -0.2) is 28.5 Å². The Morgan fingerprint density at radius 1 is 1.56 bits per heavy atom. The molecular formula is C12H18N2O3S. The molecule has 0 spiro atoms. The van der Waals surface area contributed by atoms with Crippen molar-refractivity contribution in [2.24, 2.45) is 5.41 Å². The van der Waals surface area contributed by atoms with E-state index in [9.17, 15) is 9.59 Å². The van der Waals surface area contributed by atoms with E-state index in [0.717, 1.165) is 10.7 Å². The number of nitrogens with zero attached hydrogens (tertiary/aromatic N) is 1. The minimum Gasteiger partial charge on any atom is -0.481 e. The molecule has 1 heterocycles. The normalized spacial score (nSPS) is 13.9. The number of hydrogen-bond donors (Lipinski definition) is 2. The molecule has 100 valence electrons. The first-order valence-electron chi connectivity index (χ1n) is 5.78. The number of aromatic nitrogens is 1. The van der Waals surface area contributed by atoms with Gasteiger partial charge in [-0.15, -0.1) is 11.3 Å². The molecule has 1 unspecified atom stereocenters. The average Bonchev–Trinajstić information content (AvgIpc) is 2.71. The van der Waals surface area contributed by atoms with Crippen molar-refractivity contribution in [2.45, 2.75) is 33.6 Å². The summed E-state index contributed by atoms with van der Waals surface area (Å²) in [4.78, 5) is 26.9. The van der Waals surface area contributed by atoms with Gasteiger partial charge in [-0.05, 0) is 20.3 Å². The number of carbonyl (C=O) groups excluding carboxylic acids is 1. The maximum atomic E-state index is 11.7. The maximum absolute atomic E-state index is 11.7. The summed E-state index contributed by atoms with van der Waals surface area (Å²) in [6.45, 7) is 5.44. The molecule has 6 heteroatoms. The lowest BCUT2D eigenvalue weighted by atomic mass is 9.88. The summed E-state index contributed by atoms with van der Waals surface area (Å²) in [5.41, 5.74) is -0.184. The first-order chi connectivity index (χ1) is 8.37. The third-order valence-corrected chi connectivity index (χ3v) is 3.80. The Bertz CT molecular complexity index is 444. The monoisotopic (exact) mass is 270 g/mol. The first-order valence-corrected chi connectivity index (χ1v) is 6.66. The second kappa shape index (κ2) is 5.95. The van der Waals surface area contributed by atoms with Gasteiger partial charge in [0.2, 0.25) is 5.91 Å². The van der Waals surface area contributed by atoms with Crippen molar-refractivity contribution in [1.29, 1.82) is 0 Å². The number of hydrogen-bond acceptors (Lipinski definition) is 4. The molecule has 0 saturated carbocycles. The van der Waals surface area contributed by atoms with Crippen molar-refractivity contribution in [3.05, 3.63) is 16.1 Å². The molecule has 0 aromatic carbocycles. The molecule has 18 heavy (non-hydrogen) atoms. The Balaban J connectivity index is 2.48. The topological polar surface area (TPSA) is 79.3 Å². The van der Waals surface area contributed by atoms with Crippen LogP contribution < -0.4 is 5.32 Å². The second-order valence-corrected chi connectivity index (χ2v) is 5.59. The largest absolute Gasteiger partial charge is 0.481 e. The molecule has 1 aromatic heterocycles. The molecule has 0 radical (unpaired) electrons. The highest BCUT2D eigenvalue weighted by Gasteiger charge is 2.31. The number of amides is 1. The van der Waals surface area contributed by atoms with Crippen LogP contribution in [0.15, 0.2) is 5.38 Å². The molecule has 0 saturated heterocycles. The number of aliphatic carboxylic acids is 1. The highest BCUT2D eigenvalue weighted by Crippen LogP contribution is 2.19. The molecular weight excluding hydrogens is 252 g/mol. The fraction of sp³-hybridized carbons (Fsp3) is 0.583. The zero-order chi connectivity index (χ0) is 13.8. The molecule has 0 aliphatic rings. The third-order valence-electron chi connectivity index (χ3n) is 2.98. The SMILES string of the molecule is CCC(C)(CNC(=O)Cc1csc(C)n1)C(=O)O. The van der Waals surface area contributed by atoms with E-state index >= 15 is 0 Å². The van der Waals surface area contributed by atoms with Crippen LogP contribution in [0.5, 0.6) is 0 Å². The van der Waals surface area contributed by atoms with Gasteiger partial charge in [0.1, 0.15) is 0 Å². The van der Waals surface area contributed by atoms with Gasteiger partial charge in [-0.3, -0.25) is 9.59 Å². The first kappa shape index (κ1) is 14.6. The molecule has 1 rings (SSSR count). The van der Waals surface area contributed by atoms with Crippen molar-refractivity contribution in [2.75, 3.05) is 6.54 Å². The standard InChI is InChI=1S/C12H18N2O3S/c1-4-12(3,11(16)17)7-13-10(15)5-9-6-18-8(2)14-9/h6H,4-5,7H2,1-3H3,(H,13,15)(H,16,17). The lowest BCUT2D eigenvalue weighted by Gasteiger charge is -2.23. The highest BCUT2D eigenvalue weighted by atomic mass is 32.1. The minimum absolute atomic E-state index is 0.140. The maximum Gasteiger partial charge on any atom is 0.311 e. The number of carboxylic acids is 1. The van der Waals surface area contributed by atoms with E-state index in [4.69, 9.17) is 5.11 Å².